The predicted octanol–water partition coefficient (Wildman–Crippen LogP) is 0.676. The molecule has 0 spiro atoms. The summed E-state index contributed by atoms with van der Waals surface area (Å²) < 4.78 is 5.07. The zero-order valence-corrected chi connectivity index (χ0v) is 7.10. The van der Waals surface area contributed by atoms with E-state index in [-0.39, 0.29) is 0 Å². The SMILES string of the molecule is CC1(C#N)OOC(C/C=C/C=O)O1. The Morgan fingerprint density at radius 1 is 1.69 bits per heavy atom. The van der Waals surface area contributed by atoms with Crippen LogP contribution in [0.4, 0.5) is 0 Å². The van der Waals surface area contributed by atoms with E-state index in [2.05, 4.69) is 4.89 Å². The van der Waals surface area contributed by atoms with Gasteiger partial charge in [0.05, 0.1) is 0 Å². The molecule has 1 saturated heterocycles. The van der Waals surface area contributed by atoms with Crippen molar-refractivity contribution in [2.24, 2.45) is 0 Å². The summed E-state index contributed by atoms with van der Waals surface area (Å²) in [6.07, 6.45) is 3.30. The van der Waals surface area contributed by atoms with Gasteiger partial charge in [-0.15, -0.1) is 0 Å². The van der Waals surface area contributed by atoms with Gasteiger partial charge in [-0.05, 0) is 6.08 Å². The normalized spacial score (nSPS) is 33.4. The second-order valence-corrected chi connectivity index (χ2v) is 2.58. The zero-order chi connectivity index (χ0) is 9.73. The third kappa shape index (κ3) is 2.63. The summed E-state index contributed by atoms with van der Waals surface area (Å²) in [6.45, 7) is 1.45. The molecule has 0 bridgehead atoms. The molecule has 0 aromatic heterocycles. The van der Waals surface area contributed by atoms with Crippen molar-refractivity contribution >= 4 is 6.29 Å². The first-order valence-electron chi connectivity index (χ1n) is 3.74. The smallest absolute Gasteiger partial charge is 0.288 e. The lowest BCUT2D eigenvalue weighted by atomic mass is 10.3. The topological polar surface area (TPSA) is 68.5 Å². The van der Waals surface area contributed by atoms with E-state index < -0.39 is 12.1 Å². The van der Waals surface area contributed by atoms with Crippen LogP contribution in [0.1, 0.15) is 13.3 Å². The average Bonchev–Trinajstić information content (AvgIpc) is 2.50. The molecule has 0 aromatic carbocycles. The van der Waals surface area contributed by atoms with Crippen LogP contribution < -0.4 is 0 Å². The van der Waals surface area contributed by atoms with E-state index >= 15 is 0 Å². The Morgan fingerprint density at radius 3 is 3.00 bits per heavy atom. The van der Waals surface area contributed by atoms with Gasteiger partial charge in [0.25, 0.3) is 5.79 Å². The van der Waals surface area contributed by atoms with E-state index in [9.17, 15) is 4.79 Å². The van der Waals surface area contributed by atoms with Crippen molar-refractivity contribution in [2.45, 2.75) is 25.4 Å². The van der Waals surface area contributed by atoms with Crippen molar-refractivity contribution in [1.29, 1.82) is 5.26 Å². The molecule has 5 nitrogen and oxygen atoms in total. The second kappa shape index (κ2) is 4.14. The molecule has 0 amide bonds. The standard InChI is InChI=1S/C8H9NO4/c1-8(6-9)11-7(12-13-8)4-2-3-5-10/h2-3,5,7H,4H2,1H3/b3-2+. The molecule has 1 aliphatic rings. The summed E-state index contributed by atoms with van der Waals surface area (Å²) in [4.78, 5) is 19.2. The van der Waals surface area contributed by atoms with Gasteiger partial charge in [-0.25, -0.2) is 0 Å². The van der Waals surface area contributed by atoms with Crippen molar-refractivity contribution in [3.8, 4) is 6.07 Å². The molecule has 2 unspecified atom stereocenters. The van der Waals surface area contributed by atoms with Crippen LogP contribution >= 0.6 is 0 Å². The molecular formula is C8H9NO4. The van der Waals surface area contributed by atoms with Crippen molar-refractivity contribution in [3.05, 3.63) is 12.2 Å². The van der Waals surface area contributed by atoms with Gasteiger partial charge in [-0.3, -0.25) is 4.79 Å². The lowest BCUT2D eigenvalue weighted by Gasteiger charge is -2.08. The fourth-order valence-corrected chi connectivity index (χ4v) is 0.813. The Balaban J connectivity index is 2.38. The minimum atomic E-state index is -1.33. The lowest BCUT2D eigenvalue weighted by Crippen LogP contribution is -2.23. The fourth-order valence-electron chi connectivity index (χ4n) is 0.813. The number of carbonyl (C=O) groups excluding carboxylic acids is 1. The van der Waals surface area contributed by atoms with Crippen LogP contribution in [0, 0.1) is 11.3 Å². The third-order valence-electron chi connectivity index (χ3n) is 1.42. The predicted molar refractivity (Wildman–Crippen MR) is 40.9 cm³/mol. The van der Waals surface area contributed by atoms with Gasteiger partial charge in [0, 0.05) is 13.3 Å². The number of allylic oxidation sites excluding steroid dienone is 1. The van der Waals surface area contributed by atoms with Crippen LogP contribution in [0.5, 0.6) is 0 Å². The summed E-state index contributed by atoms with van der Waals surface area (Å²) in [7, 11) is 0. The second-order valence-electron chi connectivity index (χ2n) is 2.58. The van der Waals surface area contributed by atoms with Crippen LogP contribution in [0.2, 0.25) is 0 Å². The Bertz CT molecular complexity index is 257. The van der Waals surface area contributed by atoms with Gasteiger partial charge >= 0.3 is 0 Å². The first-order valence-corrected chi connectivity index (χ1v) is 3.74. The number of carbonyl (C=O) groups is 1. The molecule has 13 heavy (non-hydrogen) atoms. The molecular weight excluding hydrogens is 174 g/mol. The number of ether oxygens (including phenoxy) is 1. The van der Waals surface area contributed by atoms with Gasteiger partial charge in [0.1, 0.15) is 12.4 Å². The highest BCUT2D eigenvalue weighted by Crippen LogP contribution is 2.25. The van der Waals surface area contributed by atoms with E-state index in [4.69, 9.17) is 14.9 Å². The van der Waals surface area contributed by atoms with Gasteiger partial charge in [-0.1, -0.05) is 6.08 Å². The largest absolute Gasteiger partial charge is 0.303 e. The van der Waals surface area contributed by atoms with Crippen molar-refractivity contribution in [1.82, 2.24) is 0 Å². The molecule has 0 saturated carbocycles. The third-order valence-corrected chi connectivity index (χ3v) is 1.42. The van der Waals surface area contributed by atoms with E-state index in [1.807, 2.05) is 0 Å². The number of nitrogens with zero attached hydrogens (tertiary/aromatic N) is 1. The molecule has 0 N–H and O–H groups in total. The molecule has 2 atom stereocenters. The van der Waals surface area contributed by atoms with Crippen molar-refractivity contribution < 1.29 is 19.3 Å². The first-order chi connectivity index (χ1) is 6.20. The molecule has 1 heterocycles. The van der Waals surface area contributed by atoms with Crippen LogP contribution in [0.15, 0.2) is 12.2 Å². The first kappa shape index (κ1) is 9.86. The Labute approximate surface area is 75.4 Å². The molecule has 70 valence electrons. The highest BCUT2D eigenvalue weighted by atomic mass is 17.3. The maximum Gasteiger partial charge on any atom is 0.288 e. The number of hydrogen-bond donors (Lipinski definition) is 0. The van der Waals surface area contributed by atoms with E-state index in [0.29, 0.717) is 12.7 Å². The molecule has 0 aliphatic carbocycles. The van der Waals surface area contributed by atoms with Gasteiger partial charge in [-0.2, -0.15) is 15.0 Å². The minimum absolute atomic E-state index is 0.371. The number of hydrogen-bond acceptors (Lipinski definition) is 5. The average molecular weight is 183 g/mol. The minimum Gasteiger partial charge on any atom is -0.303 e. The van der Waals surface area contributed by atoms with Crippen molar-refractivity contribution in [3.63, 3.8) is 0 Å². The fraction of sp³-hybridized carbons (Fsp3) is 0.500. The van der Waals surface area contributed by atoms with Gasteiger partial charge in [0.15, 0.2) is 6.29 Å². The van der Waals surface area contributed by atoms with Crippen LogP contribution in [-0.2, 0) is 19.3 Å². The Kier molecular flexibility index (Phi) is 3.14. The maximum atomic E-state index is 9.91. The van der Waals surface area contributed by atoms with Gasteiger partial charge in [0.2, 0.25) is 0 Å². The molecule has 0 aromatic rings. The quantitative estimate of drug-likeness (QED) is 0.365. The lowest BCUT2D eigenvalue weighted by molar-refractivity contribution is -0.310. The number of aldehydes is 1. The number of nitriles is 1. The van der Waals surface area contributed by atoms with Crippen LogP contribution in [0.3, 0.4) is 0 Å². The van der Waals surface area contributed by atoms with E-state index in [1.54, 1.807) is 12.1 Å². The van der Waals surface area contributed by atoms with Crippen LogP contribution in [-0.4, -0.2) is 18.4 Å². The summed E-state index contributed by atoms with van der Waals surface area (Å²) >= 11 is 0. The summed E-state index contributed by atoms with van der Waals surface area (Å²) in [5, 5.41) is 8.56. The van der Waals surface area contributed by atoms with Gasteiger partial charge < -0.3 is 4.74 Å². The highest BCUT2D eigenvalue weighted by Gasteiger charge is 2.39. The zero-order valence-electron chi connectivity index (χ0n) is 7.10. The molecule has 1 fully saturated rings. The monoisotopic (exact) mass is 183 g/mol. The Hall–Kier alpha value is -1.22. The highest BCUT2D eigenvalue weighted by molar-refractivity contribution is 5.64. The molecule has 1 aliphatic heterocycles. The maximum absolute atomic E-state index is 9.91. The Morgan fingerprint density at radius 2 is 2.46 bits per heavy atom. The summed E-state index contributed by atoms with van der Waals surface area (Å²) in [6, 6.07) is 1.80. The molecule has 1 rings (SSSR count). The number of rotatable bonds is 3. The molecule has 0 radical (unpaired) electrons. The summed E-state index contributed by atoms with van der Waals surface area (Å²) in [5.41, 5.74) is 0. The van der Waals surface area contributed by atoms with Crippen LogP contribution in [0.25, 0.3) is 0 Å². The summed E-state index contributed by atoms with van der Waals surface area (Å²) in [5.74, 6) is -1.33. The van der Waals surface area contributed by atoms with Crippen molar-refractivity contribution in [2.75, 3.05) is 0 Å². The van der Waals surface area contributed by atoms with E-state index in [0.717, 1.165) is 0 Å². The molecule has 5 heteroatoms. The van der Waals surface area contributed by atoms with E-state index in [1.165, 1.54) is 13.0 Å².